The Morgan fingerprint density at radius 3 is 2.19 bits per heavy atom. The normalized spacial score (nSPS) is 17.6. The van der Waals surface area contributed by atoms with Crippen LogP contribution in [0, 0.1) is 3.57 Å². The van der Waals surface area contributed by atoms with Crippen LogP contribution in [0.4, 0.5) is 5.69 Å². The second-order valence-corrected chi connectivity index (χ2v) is 12.5. The lowest BCUT2D eigenvalue weighted by molar-refractivity contribution is -0.164. The molecule has 9 nitrogen and oxygen atoms in total. The molecule has 1 heterocycles. The van der Waals surface area contributed by atoms with Crippen molar-refractivity contribution in [3.05, 3.63) is 27.8 Å². The van der Waals surface area contributed by atoms with E-state index in [0.717, 1.165) is 3.57 Å². The molecule has 0 spiro atoms. The second kappa shape index (κ2) is 13.0. The van der Waals surface area contributed by atoms with Crippen molar-refractivity contribution >= 4 is 52.0 Å². The smallest absolute Gasteiger partial charge is 0.329 e. The maximum Gasteiger partial charge on any atom is 0.329 e. The Morgan fingerprint density at radius 1 is 1.03 bits per heavy atom. The van der Waals surface area contributed by atoms with Gasteiger partial charge in [0.2, 0.25) is 11.8 Å². The van der Waals surface area contributed by atoms with Crippen LogP contribution in [-0.2, 0) is 28.7 Å². The summed E-state index contributed by atoms with van der Waals surface area (Å²) in [5, 5.41) is 5.87. The zero-order valence-corrected chi connectivity index (χ0v) is 25.0. The van der Waals surface area contributed by atoms with Crippen molar-refractivity contribution in [1.82, 2.24) is 10.2 Å². The Kier molecular flexibility index (Phi) is 10.9. The molecule has 0 unspecified atom stereocenters. The van der Waals surface area contributed by atoms with E-state index in [1.165, 1.54) is 4.90 Å². The predicted octanol–water partition coefficient (Wildman–Crippen LogP) is 4.03. The largest absolute Gasteiger partial charge is 0.459 e. The van der Waals surface area contributed by atoms with Gasteiger partial charge < -0.3 is 19.7 Å². The fourth-order valence-corrected chi connectivity index (χ4v) is 4.30. The van der Waals surface area contributed by atoms with Gasteiger partial charge in [0.25, 0.3) is 0 Å². The number of carbonyl (C=O) groups excluding carboxylic acids is 4. The third-order valence-electron chi connectivity index (χ3n) is 5.52. The molecule has 2 amide bonds. The van der Waals surface area contributed by atoms with Crippen molar-refractivity contribution in [3.8, 4) is 0 Å². The van der Waals surface area contributed by atoms with Gasteiger partial charge >= 0.3 is 11.9 Å². The van der Waals surface area contributed by atoms with E-state index in [1.54, 1.807) is 60.6 Å². The number of carbonyl (C=O) groups is 4. The molecule has 1 aromatic carbocycles. The standard InChI is InChI=1S/C27H40IN3O6/c1-17(23(33)31-16-8-9-21(31)25(35)37-27(5,6)7)29-20(24(34)36-26(2,3)4)14-15-22(32)30-19-12-10-18(28)11-13-19/h10-13,17,20-21,29H,8-9,14-16H2,1-7H3,(H,30,32)/t17-,20-,21-/m0/s1. The molecule has 1 fully saturated rings. The summed E-state index contributed by atoms with van der Waals surface area (Å²) in [4.78, 5) is 53.0. The third kappa shape index (κ3) is 10.6. The number of esters is 2. The van der Waals surface area contributed by atoms with Crippen LogP contribution in [0.1, 0.15) is 74.1 Å². The van der Waals surface area contributed by atoms with Gasteiger partial charge in [-0.15, -0.1) is 0 Å². The number of ether oxygens (including phenoxy) is 2. The monoisotopic (exact) mass is 629 g/mol. The van der Waals surface area contributed by atoms with E-state index >= 15 is 0 Å². The lowest BCUT2D eigenvalue weighted by Crippen LogP contribution is -2.54. The zero-order valence-electron chi connectivity index (χ0n) is 22.9. The SMILES string of the molecule is C[C@H](N[C@@H](CCC(=O)Nc1ccc(I)cc1)C(=O)OC(C)(C)C)C(=O)N1CCC[C@H]1C(=O)OC(C)(C)C. The van der Waals surface area contributed by atoms with Gasteiger partial charge in [0.15, 0.2) is 0 Å². The Hall–Kier alpha value is -2.21. The first-order valence-electron chi connectivity index (χ1n) is 12.6. The van der Waals surface area contributed by atoms with Crippen molar-refractivity contribution in [3.63, 3.8) is 0 Å². The zero-order chi connectivity index (χ0) is 28.0. The average molecular weight is 630 g/mol. The van der Waals surface area contributed by atoms with Crippen LogP contribution in [0.15, 0.2) is 24.3 Å². The van der Waals surface area contributed by atoms with E-state index in [2.05, 4.69) is 33.2 Å². The summed E-state index contributed by atoms with van der Waals surface area (Å²) in [6.07, 6.45) is 1.41. The van der Waals surface area contributed by atoms with Crippen LogP contribution >= 0.6 is 22.6 Å². The fraction of sp³-hybridized carbons (Fsp3) is 0.630. The Labute approximate surface area is 233 Å². The van der Waals surface area contributed by atoms with Gasteiger partial charge in [-0.1, -0.05) is 0 Å². The van der Waals surface area contributed by atoms with Gasteiger partial charge in [0.1, 0.15) is 23.3 Å². The summed E-state index contributed by atoms with van der Waals surface area (Å²) in [6.45, 7) is 12.7. The number of hydrogen-bond donors (Lipinski definition) is 2. The van der Waals surface area contributed by atoms with Gasteiger partial charge in [-0.2, -0.15) is 0 Å². The number of benzene rings is 1. The molecule has 37 heavy (non-hydrogen) atoms. The van der Waals surface area contributed by atoms with Crippen molar-refractivity contribution in [2.75, 3.05) is 11.9 Å². The minimum absolute atomic E-state index is 0.0497. The van der Waals surface area contributed by atoms with E-state index in [4.69, 9.17) is 9.47 Å². The quantitative estimate of drug-likeness (QED) is 0.313. The first kappa shape index (κ1) is 31.0. The van der Waals surface area contributed by atoms with Gasteiger partial charge in [-0.3, -0.25) is 19.7 Å². The molecule has 1 aliphatic heterocycles. The Morgan fingerprint density at radius 2 is 1.62 bits per heavy atom. The highest BCUT2D eigenvalue weighted by atomic mass is 127. The molecule has 0 aliphatic carbocycles. The van der Waals surface area contributed by atoms with Crippen LogP contribution in [-0.4, -0.2) is 64.5 Å². The third-order valence-corrected chi connectivity index (χ3v) is 6.23. The van der Waals surface area contributed by atoms with E-state index in [-0.39, 0.29) is 24.7 Å². The second-order valence-electron chi connectivity index (χ2n) is 11.3. The number of amides is 2. The molecule has 1 aromatic rings. The first-order valence-corrected chi connectivity index (χ1v) is 13.7. The number of nitrogens with one attached hydrogen (secondary N) is 2. The van der Waals surface area contributed by atoms with Crippen LogP contribution in [0.25, 0.3) is 0 Å². The molecule has 0 aromatic heterocycles. The van der Waals surface area contributed by atoms with Crippen LogP contribution < -0.4 is 10.6 Å². The van der Waals surface area contributed by atoms with E-state index in [0.29, 0.717) is 25.1 Å². The van der Waals surface area contributed by atoms with Gasteiger partial charge in [0, 0.05) is 22.2 Å². The minimum Gasteiger partial charge on any atom is -0.459 e. The number of rotatable bonds is 9. The number of halogens is 1. The maximum absolute atomic E-state index is 13.3. The molecule has 2 rings (SSSR count). The minimum atomic E-state index is -0.886. The highest BCUT2D eigenvalue weighted by Crippen LogP contribution is 2.22. The summed E-state index contributed by atoms with van der Waals surface area (Å²) in [5.41, 5.74) is -0.721. The molecule has 0 bridgehead atoms. The number of likely N-dealkylation sites (tertiary alicyclic amines) is 1. The summed E-state index contributed by atoms with van der Waals surface area (Å²) >= 11 is 2.18. The highest BCUT2D eigenvalue weighted by Gasteiger charge is 2.39. The topological polar surface area (TPSA) is 114 Å². The van der Waals surface area contributed by atoms with E-state index in [1.807, 2.05) is 12.1 Å². The van der Waals surface area contributed by atoms with Gasteiger partial charge in [-0.25, -0.2) is 4.79 Å². The van der Waals surface area contributed by atoms with Crippen molar-refractivity contribution in [1.29, 1.82) is 0 Å². The highest BCUT2D eigenvalue weighted by molar-refractivity contribution is 14.1. The molecule has 0 saturated carbocycles. The molecular formula is C27H40IN3O6. The summed E-state index contributed by atoms with van der Waals surface area (Å²) < 4.78 is 12.1. The molecule has 10 heteroatoms. The average Bonchev–Trinajstić information content (AvgIpc) is 3.25. The Bertz CT molecular complexity index is 968. The predicted molar refractivity (Wildman–Crippen MR) is 150 cm³/mol. The lowest BCUT2D eigenvalue weighted by Gasteiger charge is -2.31. The van der Waals surface area contributed by atoms with Crippen LogP contribution in [0.2, 0.25) is 0 Å². The van der Waals surface area contributed by atoms with Crippen molar-refractivity contribution in [2.24, 2.45) is 0 Å². The molecule has 1 saturated heterocycles. The number of anilines is 1. The molecule has 0 radical (unpaired) electrons. The molecule has 3 atom stereocenters. The number of hydrogen-bond acceptors (Lipinski definition) is 7. The van der Waals surface area contributed by atoms with E-state index in [9.17, 15) is 19.2 Å². The van der Waals surface area contributed by atoms with Crippen molar-refractivity contribution in [2.45, 2.75) is 103 Å². The summed E-state index contributed by atoms with van der Waals surface area (Å²) in [6, 6.07) is 5.07. The summed E-state index contributed by atoms with van der Waals surface area (Å²) in [7, 11) is 0. The molecule has 1 aliphatic rings. The Balaban J connectivity index is 2.07. The number of nitrogens with zero attached hydrogens (tertiary/aromatic N) is 1. The van der Waals surface area contributed by atoms with Gasteiger partial charge in [-0.05, 0) is 115 Å². The maximum atomic E-state index is 13.3. The first-order chi connectivity index (χ1) is 17.1. The molecule has 206 valence electrons. The van der Waals surface area contributed by atoms with Gasteiger partial charge in [0.05, 0.1) is 6.04 Å². The van der Waals surface area contributed by atoms with Crippen molar-refractivity contribution < 1.29 is 28.7 Å². The van der Waals surface area contributed by atoms with Crippen LogP contribution in [0.3, 0.4) is 0 Å². The summed E-state index contributed by atoms with van der Waals surface area (Å²) in [5.74, 6) is -1.52. The van der Waals surface area contributed by atoms with Crippen LogP contribution in [0.5, 0.6) is 0 Å². The fourth-order valence-electron chi connectivity index (χ4n) is 3.94. The lowest BCUT2D eigenvalue weighted by atomic mass is 10.1. The van der Waals surface area contributed by atoms with E-state index < -0.39 is 41.3 Å². The molecular weight excluding hydrogens is 589 g/mol. The molecule has 2 N–H and O–H groups in total.